The average Bonchev–Trinajstić information content (AvgIpc) is 3.34. The van der Waals surface area contributed by atoms with Crippen LogP contribution >= 0.6 is 0 Å². The van der Waals surface area contributed by atoms with Gasteiger partial charge >= 0.3 is 0 Å². The number of nitrogens with zero attached hydrogens (tertiary/aromatic N) is 2. The number of rotatable bonds is 2. The van der Waals surface area contributed by atoms with E-state index in [1.54, 1.807) is 0 Å². The highest BCUT2D eigenvalue weighted by Gasteiger charge is 2.49. The van der Waals surface area contributed by atoms with Crippen LogP contribution in [0.25, 0.3) is 6.08 Å². The van der Waals surface area contributed by atoms with E-state index < -0.39 is 0 Å². The Hall–Kier alpha value is -4.84. The summed E-state index contributed by atoms with van der Waals surface area (Å²) in [6.07, 6.45) is 6.42. The highest BCUT2D eigenvalue weighted by Crippen LogP contribution is 2.51. The van der Waals surface area contributed by atoms with E-state index in [4.69, 9.17) is 13.9 Å². The van der Waals surface area contributed by atoms with Crippen LogP contribution in [0.5, 0.6) is 11.5 Å². The van der Waals surface area contributed by atoms with E-state index in [-0.39, 0.29) is 23.0 Å². The van der Waals surface area contributed by atoms with Crippen molar-refractivity contribution in [2.75, 3.05) is 23.0 Å². The fourth-order valence-corrected chi connectivity index (χ4v) is 10.1. The number of furan rings is 1. The van der Waals surface area contributed by atoms with E-state index in [9.17, 15) is 0 Å². The van der Waals surface area contributed by atoms with Crippen molar-refractivity contribution in [3.63, 3.8) is 0 Å². The summed E-state index contributed by atoms with van der Waals surface area (Å²) in [5, 5.41) is 0. The van der Waals surface area contributed by atoms with Gasteiger partial charge in [0.2, 0.25) is 5.88 Å². The molecule has 1 atom stereocenters. The third-order valence-electron chi connectivity index (χ3n) is 13.2. The lowest BCUT2D eigenvalue weighted by Crippen LogP contribution is -2.62. The number of anilines is 6. The van der Waals surface area contributed by atoms with Crippen molar-refractivity contribution in [1.29, 1.82) is 0 Å². The highest BCUT2D eigenvalue weighted by molar-refractivity contribution is 7.00. The second-order valence-corrected chi connectivity index (χ2v) is 20.8. The molecule has 0 bridgehead atoms. The smallest absolute Gasteiger partial charge is 0.257 e. The van der Waals surface area contributed by atoms with Gasteiger partial charge in [0.25, 0.3) is 6.71 Å². The van der Waals surface area contributed by atoms with Gasteiger partial charge in [0, 0.05) is 29.5 Å². The lowest BCUT2D eigenvalue weighted by molar-refractivity contribution is 0.289. The van der Waals surface area contributed by atoms with Crippen LogP contribution in [0.3, 0.4) is 0 Å². The number of allylic oxidation sites excluding steroid dienone is 1. The molecule has 0 amide bonds. The molecule has 0 saturated heterocycles. The number of fused-ring (bicyclic) bond motifs is 7. The molecule has 1 unspecified atom stereocenters. The third-order valence-corrected chi connectivity index (χ3v) is 13.2. The van der Waals surface area contributed by atoms with Gasteiger partial charge in [-0.05, 0) is 148 Å². The van der Waals surface area contributed by atoms with Gasteiger partial charge in [-0.1, -0.05) is 92.7 Å². The maximum atomic E-state index is 7.27. The Bertz CT molecular complexity index is 2510. The lowest BCUT2D eigenvalue weighted by atomic mass is 9.33. The van der Waals surface area contributed by atoms with E-state index in [0.717, 1.165) is 41.7 Å². The summed E-state index contributed by atoms with van der Waals surface area (Å²) in [5.74, 6) is 3.92. The first-order valence-electron chi connectivity index (χ1n) is 21.5. The number of benzene rings is 4. The van der Waals surface area contributed by atoms with Crippen molar-refractivity contribution in [3.05, 3.63) is 105 Å². The van der Waals surface area contributed by atoms with Gasteiger partial charge in [-0.3, -0.25) is 4.90 Å². The topological polar surface area (TPSA) is 38.1 Å². The van der Waals surface area contributed by atoms with E-state index in [0.29, 0.717) is 19.1 Å². The van der Waals surface area contributed by atoms with Crippen molar-refractivity contribution >= 4 is 63.5 Å². The van der Waals surface area contributed by atoms with Gasteiger partial charge < -0.3 is 18.8 Å². The van der Waals surface area contributed by atoms with Crippen LogP contribution in [0, 0.1) is 46.0 Å². The Balaban J connectivity index is 1.41. The van der Waals surface area contributed by atoms with Crippen LogP contribution in [0.4, 0.5) is 34.3 Å². The summed E-state index contributed by atoms with van der Waals surface area (Å²) in [6.45, 7) is 33.5. The molecule has 0 fully saturated rings. The van der Waals surface area contributed by atoms with Crippen molar-refractivity contribution in [2.45, 2.75) is 121 Å². The van der Waals surface area contributed by atoms with E-state index >= 15 is 0 Å². The molecule has 0 N–H and O–H groups in total. The molecule has 1 aliphatic carbocycles. The minimum Gasteiger partial charge on any atom is -0.490 e. The second kappa shape index (κ2) is 13.1. The maximum Gasteiger partial charge on any atom is 0.257 e. The van der Waals surface area contributed by atoms with Crippen LogP contribution in [0.1, 0.15) is 119 Å². The molecule has 1 aromatic heterocycles. The fraction of sp³-hybridized carbons (Fsp3) is 0.423. The predicted octanol–water partition coefficient (Wildman–Crippen LogP) is 11.9. The predicted molar refractivity (Wildman–Crippen MR) is 245 cm³/mol. The summed E-state index contributed by atoms with van der Waals surface area (Å²) >= 11 is 0. The van der Waals surface area contributed by atoms with Crippen LogP contribution in [-0.2, 0) is 17.3 Å². The van der Waals surface area contributed by atoms with Crippen molar-refractivity contribution < 1.29 is 13.9 Å². The van der Waals surface area contributed by atoms with Gasteiger partial charge in [0.05, 0.1) is 24.6 Å². The molecule has 4 heterocycles. The Labute approximate surface area is 347 Å². The maximum absolute atomic E-state index is 7.27. The van der Waals surface area contributed by atoms with Crippen molar-refractivity contribution in [3.8, 4) is 11.5 Å². The molecule has 58 heavy (non-hydrogen) atoms. The van der Waals surface area contributed by atoms with Crippen LogP contribution in [-0.4, -0.2) is 19.9 Å². The van der Waals surface area contributed by atoms with Crippen LogP contribution in [0.15, 0.2) is 59.0 Å². The first-order valence-corrected chi connectivity index (χ1v) is 21.5. The normalized spacial score (nSPS) is 17.1. The lowest BCUT2D eigenvalue weighted by Gasteiger charge is -2.44. The van der Waals surface area contributed by atoms with Crippen molar-refractivity contribution in [1.82, 2.24) is 0 Å². The molecule has 4 aromatic carbocycles. The van der Waals surface area contributed by atoms with Gasteiger partial charge in [-0.15, -0.1) is 0 Å². The molecule has 5 aromatic rings. The number of hydrogen-bond donors (Lipinski definition) is 0. The third kappa shape index (κ3) is 6.03. The zero-order chi connectivity index (χ0) is 41.4. The molecule has 300 valence electrons. The molecule has 5 nitrogen and oxygen atoms in total. The Kier molecular flexibility index (Phi) is 8.72. The molecule has 3 aliphatic heterocycles. The molecule has 0 spiro atoms. The Morgan fingerprint density at radius 2 is 1.12 bits per heavy atom. The molecule has 6 heteroatoms. The monoisotopic (exact) mass is 772 g/mol. The second-order valence-electron chi connectivity index (χ2n) is 20.8. The summed E-state index contributed by atoms with van der Waals surface area (Å²) in [7, 11) is 0. The Morgan fingerprint density at radius 1 is 0.603 bits per heavy atom. The zero-order valence-corrected chi connectivity index (χ0v) is 37.4. The van der Waals surface area contributed by atoms with Crippen molar-refractivity contribution in [2.24, 2.45) is 11.3 Å². The molecule has 9 rings (SSSR count). The number of hydrogen-bond acceptors (Lipinski definition) is 5. The summed E-state index contributed by atoms with van der Waals surface area (Å²) in [4.78, 5) is 5.04. The molecular weight excluding hydrogens is 711 g/mol. The molecule has 0 saturated carbocycles. The number of aryl methyl sites for hydroxylation is 5. The summed E-state index contributed by atoms with van der Waals surface area (Å²) in [5.41, 5.74) is 20.1. The molecular formula is C52H61BN2O3. The first-order chi connectivity index (χ1) is 27.2. The average molecular weight is 773 g/mol. The quantitative estimate of drug-likeness (QED) is 0.164. The summed E-state index contributed by atoms with van der Waals surface area (Å²) < 4.78 is 20.3. The minimum absolute atomic E-state index is 0.0253. The highest BCUT2D eigenvalue weighted by atomic mass is 16.5. The minimum atomic E-state index is -0.0798. The fourth-order valence-electron chi connectivity index (χ4n) is 10.1. The first kappa shape index (κ1) is 38.7. The largest absolute Gasteiger partial charge is 0.490 e. The molecule has 4 aliphatic rings. The van der Waals surface area contributed by atoms with E-state index in [2.05, 4.69) is 167 Å². The van der Waals surface area contributed by atoms with Gasteiger partial charge in [0.15, 0.2) is 11.5 Å². The number of ether oxygens (including phenoxy) is 2. The van der Waals surface area contributed by atoms with Gasteiger partial charge in [-0.25, -0.2) is 0 Å². The van der Waals surface area contributed by atoms with E-state index in [1.165, 1.54) is 83.6 Å². The molecule has 0 radical (unpaired) electrons. The SMILES string of the molecule is Cc1cc2c3c(c1)N(c1c(C)cc(C(C)(C)C)cc1C)c1oc4c(c1B3c1cc3c(cc1N2c1c(C)cc(C(C)(C)C)cc1C)OCCCO3)CC(C(C)(C)C)C=C4. The van der Waals surface area contributed by atoms with Gasteiger partial charge in [-0.2, -0.15) is 0 Å². The van der Waals surface area contributed by atoms with Crippen LogP contribution in [0.2, 0.25) is 0 Å². The van der Waals surface area contributed by atoms with E-state index in [1.807, 2.05) is 0 Å². The Morgan fingerprint density at radius 3 is 1.66 bits per heavy atom. The van der Waals surface area contributed by atoms with Gasteiger partial charge in [0.1, 0.15) is 5.76 Å². The summed E-state index contributed by atoms with van der Waals surface area (Å²) in [6, 6.07) is 19.0. The van der Waals surface area contributed by atoms with Crippen LogP contribution < -0.4 is 35.7 Å². The standard InChI is InChI=1S/C52H61BN2O3/c1-29-20-40-46-41(21-29)55(48-32(4)24-36(25-33(48)5)52(12,13)14)49-45(37-26-34(50(6,7)8)16-17-42(37)58-49)53(46)38-27-43-44(57-19-15-18-56-43)28-39(38)54(40)47-30(2)22-35(23-31(47)3)51(9,10)11/h16-17,20-25,27-28,34H,15,18-19,26H2,1-14H3. The zero-order valence-electron chi connectivity index (χ0n) is 37.4.